The van der Waals surface area contributed by atoms with Gasteiger partial charge < -0.3 is 15.8 Å². The Morgan fingerprint density at radius 1 is 1.26 bits per heavy atom. The quantitative estimate of drug-likeness (QED) is 0.616. The number of anilines is 1. The van der Waals surface area contributed by atoms with Gasteiger partial charge in [0, 0.05) is 11.6 Å². The molecule has 0 bridgehead atoms. The minimum absolute atomic E-state index is 0.129. The molecule has 4 nitrogen and oxygen atoms in total. The highest BCUT2D eigenvalue weighted by Crippen LogP contribution is 2.23. The molecule has 0 saturated heterocycles. The standard InChI is InChI=1S/C19H30N2O2/c1-3-17(21-15-9-7-5-4-6-8-10-15)19(22)14-11-12-18(23-2)16(20)13-14/h11-13,15,17,21H,3-10,20H2,1-2H3. The molecule has 0 aliphatic heterocycles. The Bertz CT molecular complexity index is 508. The Kier molecular flexibility index (Phi) is 6.90. The van der Waals surface area contributed by atoms with Crippen molar-refractivity contribution in [1.82, 2.24) is 5.32 Å². The molecule has 2 rings (SSSR count). The molecule has 0 radical (unpaired) electrons. The van der Waals surface area contributed by atoms with Crippen LogP contribution in [0.25, 0.3) is 0 Å². The van der Waals surface area contributed by atoms with Gasteiger partial charge in [0.15, 0.2) is 5.78 Å². The number of nitrogens with one attached hydrogen (secondary N) is 1. The number of carbonyl (C=O) groups is 1. The minimum Gasteiger partial charge on any atom is -0.495 e. The lowest BCUT2D eigenvalue weighted by Crippen LogP contribution is -2.43. The SMILES string of the molecule is CCC(NC1CCCCCCC1)C(=O)c1ccc(OC)c(N)c1. The maximum atomic E-state index is 12.8. The largest absolute Gasteiger partial charge is 0.495 e. The van der Waals surface area contributed by atoms with Crippen LogP contribution in [0, 0.1) is 0 Å². The lowest BCUT2D eigenvalue weighted by molar-refractivity contribution is 0.0929. The summed E-state index contributed by atoms with van der Waals surface area (Å²) in [4.78, 5) is 12.8. The van der Waals surface area contributed by atoms with Gasteiger partial charge in [0.1, 0.15) is 5.75 Å². The fourth-order valence-corrected chi connectivity index (χ4v) is 3.38. The second-order valence-electron chi connectivity index (χ2n) is 6.49. The molecule has 0 aromatic heterocycles. The van der Waals surface area contributed by atoms with Crippen LogP contribution in [0.3, 0.4) is 0 Å². The van der Waals surface area contributed by atoms with Crippen LogP contribution in [0.15, 0.2) is 18.2 Å². The van der Waals surface area contributed by atoms with Crippen molar-refractivity contribution >= 4 is 11.5 Å². The van der Waals surface area contributed by atoms with Gasteiger partial charge >= 0.3 is 0 Å². The summed E-state index contributed by atoms with van der Waals surface area (Å²) in [6.07, 6.45) is 9.66. The Labute approximate surface area is 139 Å². The molecule has 0 heterocycles. The number of methoxy groups -OCH3 is 1. The highest BCUT2D eigenvalue weighted by Gasteiger charge is 2.22. The highest BCUT2D eigenvalue weighted by atomic mass is 16.5. The van der Waals surface area contributed by atoms with E-state index in [4.69, 9.17) is 10.5 Å². The van der Waals surface area contributed by atoms with Gasteiger partial charge in [-0.2, -0.15) is 0 Å². The van der Waals surface area contributed by atoms with Gasteiger partial charge in [-0.25, -0.2) is 0 Å². The molecular formula is C19H30N2O2. The van der Waals surface area contributed by atoms with E-state index in [1.54, 1.807) is 25.3 Å². The predicted molar refractivity (Wildman–Crippen MR) is 95.1 cm³/mol. The number of ketones is 1. The number of hydrogen-bond acceptors (Lipinski definition) is 4. The number of nitrogens with two attached hydrogens (primary N) is 1. The summed E-state index contributed by atoms with van der Waals surface area (Å²) in [5.74, 6) is 0.742. The van der Waals surface area contributed by atoms with Crippen LogP contribution in [-0.2, 0) is 0 Å². The first kappa shape index (κ1) is 17.8. The molecular weight excluding hydrogens is 288 g/mol. The molecule has 1 unspecified atom stereocenters. The maximum absolute atomic E-state index is 12.8. The average molecular weight is 318 g/mol. The number of carbonyl (C=O) groups excluding carboxylic acids is 1. The maximum Gasteiger partial charge on any atom is 0.179 e. The third kappa shape index (κ3) is 4.96. The summed E-state index contributed by atoms with van der Waals surface area (Å²) >= 11 is 0. The minimum atomic E-state index is -0.132. The first-order valence-electron chi connectivity index (χ1n) is 8.89. The molecule has 128 valence electrons. The fourth-order valence-electron chi connectivity index (χ4n) is 3.38. The average Bonchev–Trinajstić information content (AvgIpc) is 2.53. The normalized spacial score (nSPS) is 18.0. The van der Waals surface area contributed by atoms with E-state index in [0.29, 0.717) is 23.0 Å². The first-order valence-corrected chi connectivity index (χ1v) is 8.89. The number of rotatable bonds is 6. The molecule has 1 atom stereocenters. The van der Waals surface area contributed by atoms with Crippen molar-refractivity contribution in [2.75, 3.05) is 12.8 Å². The van der Waals surface area contributed by atoms with E-state index in [1.165, 1.54) is 44.9 Å². The van der Waals surface area contributed by atoms with Gasteiger partial charge in [-0.15, -0.1) is 0 Å². The zero-order valence-electron chi connectivity index (χ0n) is 14.4. The number of Topliss-reactive ketones (excluding diaryl/α,β-unsaturated/α-hetero) is 1. The zero-order chi connectivity index (χ0) is 16.7. The lowest BCUT2D eigenvalue weighted by atomic mass is 9.94. The second kappa shape index (κ2) is 8.92. The van der Waals surface area contributed by atoms with Crippen molar-refractivity contribution in [2.45, 2.75) is 70.4 Å². The molecule has 0 amide bonds. The molecule has 4 heteroatoms. The molecule has 1 saturated carbocycles. The first-order chi connectivity index (χ1) is 11.2. The smallest absolute Gasteiger partial charge is 0.179 e. The van der Waals surface area contributed by atoms with Gasteiger partial charge in [0.25, 0.3) is 0 Å². The summed E-state index contributed by atoms with van der Waals surface area (Å²) in [5, 5.41) is 3.60. The van der Waals surface area contributed by atoms with Gasteiger partial charge in [0.2, 0.25) is 0 Å². The molecule has 1 fully saturated rings. The summed E-state index contributed by atoms with van der Waals surface area (Å²) in [6.45, 7) is 2.06. The highest BCUT2D eigenvalue weighted by molar-refractivity contribution is 6.01. The number of benzene rings is 1. The van der Waals surface area contributed by atoms with Crippen LogP contribution < -0.4 is 15.8 Å². The van der Waals surface area contributed by atoms with Crippen LogP contribution in [0.1, 0.15) is 68.6 Å². The molecule has 3 N–H and O–H groups in total. The Hall–Kier alpha value is -1.55. The van der Waals surface area contributed by atoms with Crippen molar-refractivity contribution < 1.29 is 9.53 Å². The van der Waals surface area contributed by atoms with Crippen LogP contribution >= 0.6 is 0 Å². The van der Waals surface area contributed by atoms with E-state index in [9.17, 15) is 4.79 Å². The Balaban J connectivity index is 2.03. The van der Waals surface area contributed by atoms with Gasteiger partial charge in [-0.1, -0.05) is 39.0 Å². The van der Waals surface area contributed by atoms with E-state index in [2.05, 4.69) is 12.2 Å². The topological polar surface area (TPSA) is 64.3 Å². The number of ether oxygens (including phenoxy) is 1. The van der Waals surface area contributed by atoms with Gasteiger partial charge in [-0.05, 0) is 37.5 Å². The Morgan fingerprint density at radius 2 is 1.91 bits per heavy atom. The van der Waals surface area contributed by atoms with Crippen molar-refractivity contribution in [3.8, 4) is 5.75 Å². The van der Waals surface area contributed by atoms with Crippen LogP contribution in [0.4, 0.5) is 5.69 Å². The zero-order valence-corrected chi connectivity index (χ0v) is 14.4. The van der Waals surface area contributed by atoms with Crippen molar-refractivity contribution in [3.63, 3.8) is 0 Å². The summed E-state index contributed by atoms with van der Waals surface area (Å²) in [6, 6.07) is 5.63. The van der Waals surface area contributed by atoms with E-state index in [-0.39, 0.29) is 11.8 Å². The Morgan fingerprint density at radius 3 is 2.48 bits per heavy atom. The van der Waals surface area contributed by atoms with Crippen molar-refractivity contribution in [3.05, 3.63) is 23.8 Å². The van der Waals surface area contributed by atoms with Crippen molar-refractivity contribution in [2.24, 2.45) is 0 Å². The predicted octanol–water partition coefficient (Wildman–Crippen LogP) is 3.94. The van der Waals surface area contributed by atoms with E-state index < -0.39 is 0 Å². The molecule has 0 spiro atoms. The monoisotopic (exact) mass is 318 g/mol. The molecule has 1 aromatic carbocycles. The lowest BCUT2D eigenvalue weighted by Gasteiger charge is -2.26. The van der Waals surface area contributed by atoms with E-state index in [1.807, 2.05) is 0 Å². The van der Waals surface area contributed by atoms with Crippen LogP contribution in [0.2, 0.25) is 0 Å². The van der Waals surface area contributed by atoms with E-state index >= 15 is 0 Å². The number of nitrogen functional groups attached to an aromatic ring is 1. The molecule has 1 aromatic rings. The molecule has 1 aliphatic carbocycles. The van der Waals surface area contributed by atoms with E-state index in [0.717, 1.165) is 6.42 Å². The second-order valence-corrected chi connectivity index (χ2v) is 6.49. The van der Waals surface area contributed by atoms with Crippen LogP contribution in [0.5, 0.6) is 5.75 Å². The molecule has 1 aliphatic rings. The number of hydrogen-bond donors (Lipinski definition) is 2. The summed E-state index contributed by atoms with van der Waals surface area (Å²) in [7, 11) is 1.58. The van der Waals surface area contributed by atoms with Crippen LogP contribution in [-0.4, -0.2) is 25.0 Å². The molecule has 23 heavy (non-hydrogen) atoms. The third-order valence-corrected chi connectivity index (χ3v) is 4.78. The fraction of sp³-hybridized carbons (Fsp3) is 0.632. The third-order valence-electron chi connectivity index (χ3n) is 4.78. The summed E-state index contributed by atoms with van der Waals surface area (Å²) in [5.41, 5.74) is 7.11. The van der Waals surface area contributed by atoms with Gasteiger partial charge in [0.05, 0.1) is 18.8 Å². The van der Waals surface area contributed by atoms with Crippen molar-refractivity contribution in [1.29, 1.82) is 0 Å². The van der Waals surface area contributed by atoms with Gasteiger partial charge in [-0.3, -0.25) is 4.79 Å². The summed E-state index contributed by atoms with van der Waals surface area (Å²) < 4.78 is 5.16.